The van der Waals surface area contributed by atoms with Crippen molar-refractivity contribution in [1.82, 2.24) is 4.90 Å². The minimum Gasteiger partial charge on any atom is -0.339 e. The Morgan fingerprint density at radius 3 is 2.52 bits per heavy atom. The van der Waals surface area contributed by atoms with Gasteiger partial charge in [0, 0.05) is 24.5 Å². The van der Waals surface area contributed by atoms with Gasteiger partial charge < -0.3 is 10.6 Å². The zero-order valence-electron chi connectivity index (χ0n) is 13.8. The van der Waals surface area contributed by atoms with Gasteiger partial charge in [0.1, 0.15) is 0 Å². The molecule has 0 aromatic heterocycles. The first-order chi connectivity index (χ1) is 10.1. The van der Waals surface area contributed by atoms with Crippen LogP contribution in [0, 0.1) is 23.7 Å². The van der Waals surface area contributed by atoms with E-state index in [-0.39, 0.29) is 12.0 Å². The summed E-state index contributed by atoms with van der Waals surface area (Å²) in [6.07, 6.45) is 9.80. The van der Waals surface area contributed by atoms with Crippen LogP contribution in [0.1, 0.15) is 65.2 Å². The number of fused-ring (bicyclic) bond motifs is 1. The van der Waals surface area contributed by atoms with Gasteiger partial charge in [-0.2, -0.15) is 0 Å². The second-order valence-electron chi connectivity index (χ2n) is 7.98. The quantitative estimate of drug-likeness (QED) is 0.807. The van der Waals surface area contributed by atoms with Crippen LogP contribution in [0.5, 0.6) is 0 Å². The van der Waals surface area contributed by atoms with E-state index in [1.54, 1.807) is 0 Å². The number of piperidine rings is 1. The van der Waals surface area contributed by atoms with Crippen molar-refractivity contribution >= 4 is 5.91 Å². The van der Waals surface area contributed by atoms with Crippen LogP contribution in [0.25, 0.3) is 0 Å². The van der Waals surface area contributed by atoms with Crippen LogP contribution in [-0.4, -0.2) is 29.4 Å². The van der Waals surface area contributed by atoms with Crippen molar-refractivity contribution in [2.75, 3.05) is 6.54 Å². The molecule has 0 radical (unpaired) electrons. The number of rotatable bonds is 1. The molecule has 2 N–H and O–H groups in total. The van der Waals surface area contributed by atoms with E-state index in [4.69, 9.17) is 5.73 Å². The van der Waals surface area contributed by atoms with E-state index in [1.165, 1.54) is 38.5 Å². The van der Waals surface area contributed by atoms with Gasteiger partial charge in [-0.15, -0.1) is 0 Å². The van der Waals surface area contributed by atoms with Crippen LogP contribution >= 0.6 is 0 Å². The van der Waals surface area contributed by atoms with Crippen LogP contribution in [0.3, 0.4) is 0 Å². The average Bonchev–Trinajstić information content (AvgIpc) is 2.49. The van der Waals surface area contributed by atoms with E-state index >= 15 is 0 Å². The highest BCUT2D eigenvalue weighted by Gasteiger charge is 2.42. The van der Waals surface area contributed by atoms with Crippen LogP contribution in [0.2, 0.25) is 0 Å². The number of nitrogens with zero attached hydrogens (tertiary/aromatic N) is 1. The summed E-state index contributed by atoms with van der Waals surface area (Å²) in [7, 11) is 0. The summed E-state index contributed by atoms with van der Waals surface area (Å²) in [6, 6.07) is 0.755. The van der Waals surface area contributed by atoms with Gasteiger partial charge in [0.25, 0.3) is 0 Å². The molecule has 3 nitrogen and oxygen atoms in total. The smallest absolute Gasteiger partial charge is 0.226 e. The second kappa shape index (κ2) is 6.28. The fraction of sp³-hybridized carbons (Fsp3) is 0.944. The molecule has 3 aliphatic rings. The molecule has 0 spiro atoms. The molecule has 21 heavy (non-hydrogen) atoms. The highest BCUT2D eigenvalue weighted by atomic mass is 16.2. The zero-order valence-corrected chi connectivity index (χ0v) is 13.8. The van der Waals surface area contributed by atoms with Gasteiger partial charge in [-0.3, -0.25) is 4.79 Å². The first kappa shape index (κ1) is 15.3. The van der Waals surface area contributed by atoms with E-state index in [2.05, 4.69) is 18.7 Å². The van der Waals surface area contributed by atoms with Gasteiger partial charge >= 0.3 is 0 Å². The maximum absolute atomic E-state index is 13.1. The Morgan fingerprint density at radius 1 is 1.00 bits per heavy atom. The summed E-state index contributed by atoms with van der Waals surface area (Å²) in [5, 5.41) is 0. The Kier molecular flexibility index (Phi) is 4.58. The minimum absolute atomic E-state index is 0.178. The fourth-order valence-electron chi connectivity index (χ4n) is 5.14. The van der Waals surface area contributed by atoms with E-state index in [1.807, 2.05) is 0 Å². The molecule has 1 aliphatic heterocycles. The van der Waals surface area contributed by atoms with Crippen molar-refractivity contribution in [3.05, 3.63) is 0 Å². The van der Waals surface area contributed by atoms with E-state index in [0.29, 0.717) is 23.8 Å². The van der Waals surface area contributed by atoms with Gasteiger partial charge in [0.15, 0.2) is 0 Å². The zero-order chi connectivity index (χ0) is 15.0. The standard InChI is InChI=1S/C18H32N2O/c1-12-10-13(2)16(19)11-15(12)18(21)20-9-5-7-14-6-3-4-8-17(14)20/h12-17H,3-11,19H2,1-2H3. The Balaban J connectivity index is 1.71. The number of amides is 1. The molecule has 3 rings (SSSR count). The number of nitrogens with two attached hydrogens (primary N) is 1. The Morgan fingerprint density at radius 2 is 1.71 bits per heavy atom. The summed E-state index contributed by atoms with van der Waals surface area (Å²) in [4.78, 5) is 15.4. The van der Waals surface area contributed by atoms with E-state index < -0.39 is 0 Å². The molecule has 120 valence electrons. The molecule has 1 heterocycles. The summed E-state index contributed by atoms with van der Waals surface area (Å²) in [6.45, 7) is 5.49. The molecule has 3 heteroatoms. The lowest BCUT2D eigenvalue weighted by Gasteiger charge is -2.47. The molecular weight excluding hydrogens is 260 g/mol. The molecule has 1 saturated heterocycles. The molecule has 6 atom stereocenters. The Labute approximate surface area is 129 Å². The van der Waals surface area contributed by atoms with Crippen molar-refractivity contribution in [2.24, 2.45) is 29.4 Å². The maximum Gasteiger partial charge on any atom is 0.226 e. The Bertz CT molecular complexity index is 381. The summed E-state index contributed by atoms with van der Waals surface area (Å²) < 4.78 is 0. The highest BCUT2D eigenvalue weighted by molar-refractivity contribution is 5.80. The molecule has 0 aromatic carbocycles. The molecule has 3 fully saturated rings. The molecule has 1 amide bonds. The number of carbonyl (C=O) groups excluding carboxylic acids is 1. The monoisotopic (exact) mass is 292 g/mol. The third-order valence-corrected chi connectivity index (χ3v) is 6.53. The summed E-state index contributed by atoms with van der Waals surface area (Å²) in [5.41, 5.74) is 6.26. The van der Waals surface area contributed by atoms with Gasteiger partial charge in [-0.05, 0) is 56.3 Å². The lowest BCUT2D eigenvalue weighted by atomic mass is 9.71. The van der Waals surface area contributed by atoms with Crippen molar-refractivity contribution in [3.63, 3.8) is 0 Å². The lowest BCUT2D eigenvalue weighted by molar-refractivity contribution is -0.145. The fourth-order valence-corrected chi connectivity index (χ4v) is 5.14. The van der Waals surface area contributed by atoms with Crippen molar-refractivity contribution < 1.29 is 4.79 Å². The largest absolute Gasteiger partial charge is 0.339 e. The molecule has 2 aliphatic carbocycles. The SMILES string of the molecule is CC1CC(C)C(C(=O)N2CCCC3CCCCC32)CC1N. The normalized spacial score (nSPS) is 44.2. The van der Waals surface area contributed by atoms with Gasteiger partial charge in [-0.25, -0.2) is 0 Å². The van der Waals surface area contributed by atoms with Gasteiger partial charge in [0.2, 0.25) is 5.91 Å². The van der Waals surface area contributed by atoms with Gasteiger partial charge in [0.05, 0.1) is 0 Å². The van der Waals surface area contributed by atoms with Crippen LogP contribution in [0.4, 0.5) is 0 Å². The predicted molar refractivity (Wildman–Crippen MR) is 85.7 cm³/mol. The number of likely N-dealkylation sites (tertiary alicyclic amines) is 1. The molecule has 0 aromatic rings. The average molecular weight is 292 g/mol. The second-order valence-corrected chi connectivity index (χ2v) is 7.98. The third-order valence-electron chi connectivity index (χ3n) is 6.53. The van der Waals surface area contributed by atoms with Crippen molar-refractivity contribution in [1.29, 1.82) is 0 Å². The van der Waals surface area contributed by atoms with Crippen molar-refractivity contribution in [2.45, 2.75) is 77.3 Å². The number of carbonyl (C=O) groups is 1. The summed E-state index contributed by atoms with van der Waals surface area (Å²) in [5.74, 6) is 2.45. The molecule has 2 saturated carbocycles. The van der Waals surface area contributed by atoms with Crippen molar-refractivity contribution in [3.8, 4) is 0 Å². The Hall–Kier alpha value is -0.570. The van der Waals surface area contributed by atoms with Crippen LogP contribution in [0.15, 0.2) is 0 Å². The predicted octanol–water partition coefficient (Wildman–Crippen LogP) is 3.18. The molecule has 0 bridgehead atoms. The molecule has 6 unspecified atom stereocenters. The first-order valence-corrected chi connectivity index (χ1v) is 9.14. The highest BCUT2D eigenvalue weighted by Crippen LogP contribution is 2.39. The number of hydrogen-bond donors (Lipinski definition) is 1. The number of hydrogen-bond acceptors (Lipinski definition) is 2. The van der Waals surface area contributed by atoms with E-state index in [9.17, 15) is 4.79 Å². The topological polar surface area (TPSA) is 46.3 Å². The lowest BCUT2D eigenvalue weighted by Crippen LogP contribution is -2.54. The third kappa shape index (κ3) is 2.99. The van der Waals surface area contributed by atoms with Crippen LogP contribution < -0.4 is 5.73 Å². The molecular formula is C18H32N2O. The maximum atomic E-state index is 13.1. The van der Waals surface area contributed by atoms with Gasteiger partial charge in [-0.1, -0.05) is 26.7 Å². The summed E-state index contributed by atoms with van der Waals surface area (Å²) >= 11 is 0. The first-order valence-electron chi connectivity index (χ1n) is 9.14. The van der Waals surface area contributed by atoms with E-state index in [0.717, 1.165) is 25.3 Å². The minimum atomic E-state index is 0.178. The van der Waals surface area contributed by atoms with Crippen LogP contribution in [-0.2, 0) is 4.79 Å².